The Kier molecular flexibility index (Phi) is 4.74. The molecule has 23 heavy (non-hydrogen) atoms. The molecule has 0 unspecified atom stereocenters. The van der Waals surface area contributed by atoms with E-state index >= 15 is 0 Å². The maximum absolute atomic E-state index is 12.4. The van der Waals surface area contributed by atoms with E-state index in [0.717, 1.165) is 26.2 Å². The van der Waals surface area contributed by atoms with E-state index in [9.17, 15) is 4.79 Å². The topological polar surface area (TPSA) is 32.8 Å². The first-order valence-electron chi connectivity index (χ1n) is 8.67. The SMILES string of the molecule is CC(C)N1C[C@@]2(COCCN([C@H](C)c3ccccc3)C2)CC1=O. The fraction of sp³-hybridized carbons (Fsp3) is 0.632. The normalized spacial score (nSPS) is 27.7. The molecular weight excluding hydrogens is 288 g/mol. The van der Waals surface area contributed by atoms with E-state index in [2.05, 4.69) is 56.0 Å². The first-order valence-corrected chi connectivity index (χ1v) is 8.67. The second-order valence-electron chi connectivity index (χ2n) is 7.40. The smallest absolute Gasteiger partial charge is 0.223 e. The number of hydrogen-bond donors (Lipinski definition) is 0. The van der Waals surface area contributed by atoms with Crippen molar-refractivity contribution in [3.8, 4) is 0 Å². The molecule has 2 saturated heterocycles. The average molecular weight is 316 g/mol. The molecule has 3 rings (SSSR count). The molecule has 0 saturated carbocycles. The minimum atomic E-state index is -0.0547. The Bertz CT molecular complexity index is 546. The molecule has 1 aromatic rings. The average Bonchev–Trinajstić information content (AvgIpc) is 2.73. The number of benzene rings is 1. The van der Waals surface area contributed by atoms with Crippen LogP contribution in [0.2, 0.25) is 0 Å². The summed E-state index contributed by atoms with van der Waals surface area (Å²) >= 11 is 0. The van der Waals surface area contributed by atoms with E-state index in [0.29, 0.717) is 19.1 Å². The molecule has 2 fully saturated rings. The first-order chi connectivity index (χ1) is 11.0. The largest absolute Gasteiger partial charge is 0.379 e. The highest BCUT2D eigenvalue weighted by Crippen LogP contribution is 2.37. The third kappa shape index (κ3) is 3.43. The highest BCUT2D eigenvalue weighted by Gasteiger charge is 2.46. The van der Waals surface area contributed by atoms with E-state index in [1.54, 1.807) is 0 Å². The maximum Gasteiger partial charge on any atom is 0.223 e. The number of likely N-dealkylation sites (tertiary alicyclic amines) is 1. The van der Waals surface area contributed by atoms with Crippen LogP contribution < -0.4 is 0 Å². The van der Waals surface area contributed by atoms with Gasteiger partial charge in [-0.25, -0.2) is 0 Å². The van der Waals surface area contributed by atoms with Crippen molar-refractivity contribution in [2.45, 2.75) is 39.3 Å². The van der Waals surface area contributed by atoms with Gasteiger partial charge >= 0.3 is 0 Å². The van der Waals surface area contributed by atoms with Crippen LogP contribution in [0.4, 0.5) is 0 Å². The van der Waals surface area contributed by atoms with Crippen LogP contribution in [0.1, 0.15) is 38.8 Å². The van der Waals surface area contributed by atoms with Gasteiger partial charge in [0.15, 0.2) is 0 Å². The molecule has 1 aromatic carbocycles. The monoisotopic (exact) mass is 316 g/mol. The van der Waals surface area contributed by atoms with Crippen LogP contribution in [0.25, 0.3) is 0 Å². The van der Waals surface area contributed by atoms with Crippen molar-refractivity contribution in [2.75, 3.05) is 32.8 Å². The van der Waals surface area contributed by atoms with Gasteiger partial charge in [0.2, 0.25) is 5.91 Å². The summed E-state index contributed by atoms with van der Waals surface area (Å²) in [6.45, 7) is 10.6. The summed E-state index contributed by atoms with van der Waals surface area (Å²) in [5.74, 6) is 0.276. The highest BCUT2D eigenvalue weighted by atomic mass is 16.5. The van der Waals surface area contributed by atoms with Crippen LogP contribution in [0.5, 0.6) is 0 Å². The van der Waals surface area contributed by atoms with Crippen molar-refractivity contribution in [3.05, 3.63) is 35.9 Å². The van der Waals surface area contributed by atoms with E-state index < -0.39 is 0 Å². The van der Waals surface area contributed by atoms with Gasteiger partial charge in [-0.3, -0.25) is 9.69 Å². The summed E-state index contributed by atoms with van der Waals surface area (Å²) in [4.78, 5) is 16.9. The maximum atomic E-state index is 12.4. The molecule has 2 aliphatic rings. The van der Waals surface area contributed by atoms with Crippen LogP contribution >= 0.6 is 0 Å². The summed E-state index contributed by atoms with van der Waals surface area (Å²) < 4.78 is 5.90. The fourth-order valence-electron chi connectivity index (χ4n) is 3.90. The predicted molar refractivity (Wildman–Crippen MR) is 91.1 cm³/mol. The molecule has 4 nitrogen and oxygen atoms in total. The van der Waals surface area contributed by atoms with Crippen molar-refractivity contribution in [3.63, 3.8) is 0 Å². The van der Waals surface area contributed by atoms with Gasteiger partial charge in [-0.1, -0.05) is 30.3 Å². The zero-order valence-electron chi connectivity index (χ0n) is 14.5. The van der Waals surface area contributed by atoms with Crippen molar-refractivity contribution >= 4 is 5.91 Å². The fourth-order valence-corrected chi connectivity index (χ4v) is 3.90. The molecule has 126 valence electrons. The number of rotatable bonds is 3. The molecule has 2 aliphatic heterocycles. The van der Waals surface area contributed by atoms with Crippen LogP contribution in [0.3, 0.4) is 0 Å². The highest BCUT2D eigenvalue weighted by molar-refractivity contribution is 5.79. The quantitative estimate of drug-likeness (QED) is 0.859. The van der Waals surface area contributed by atoms with E-state index in [1.807, 2.05) is 4.90 Å². The molecule has 1 spiro atoms. The first kappa shape index (κ1) is 16.5. The lowest BCUT2D eigenvalue weighted by Crippen LogP contribution is -2.42. The molecule has 0 aromatic heterocycles. The summed E-state index contributed by atoms with van der Waals surface area (Å²) in [5, 5.41) is 0. The molecule has 1 amide bonds. The lowest BCUT2D eigenvalue weighted by atomic mass is 9.86. The molecule has 0 radical (unpaired) electrons. The number of carbonyl (C=O) groups is 1. The Morgan fingerprint density at radius 1 is 1.13 bits per heavy atom. The van der Waals surface area contributed by atoms with Gasteiger partial charge in [-0.15, -0.1) is 0 Å². The molecule has 0 aliphatic carbocycles. The summed E-state index contributed by atoms with van der Waals surface area (Å²) in [6, 6.07) is 11.2. The lowest BCUT2D eigenvalue weighted by Gasteiger charge is -2.35. The van der Waals surface area contributed by atoms with Crippen molar-refractivity contribution in [2.24, 2.45) is 5.41 Å². The number of hydrogen-bond acceptors (Lipinski definition) is 3. The third-order valence-electron chi connectivity index (χ3n) is 5.27. The summed E-state index contributed by atoms with van der Waals surface area (Å²) in [6.07, 6.45) is 0.614. The Hall–Kier alpha value is -1.39. The van der Waals surface area contributed by atoms with Crippen molar-refractivity contribution < 1.29 is 9.53 Å². The van der Waals surface area contributed by atoms with Gasteiger partial charge in [-0.05, 0) is 26.3 Å². The van der Waals surface area contributed by atoms with Gasteiger partial charge in [0.05, 0.1) is 13.2 Å². The molecular formula is C19H28N2O2. The zero-order valence-corrected chi connectivity index (χ0v) is 14.5. The Balaban J connectivity index is 1.78. The van der Waals surface area contributed by atoms with Crippen molar-refractivity contribution in [1.82, 2.24) is 9.80 Å². The second-order valence-corrected chi connectivity index (χ2v) is 7.40. The Morgan fingerprint density at radius 2 is 1.87 bits per heavy atom. The van der Waals surface area contributed by atoms with E-state index in [4.69, 9.17) is 4.74 Å². The number of ether oxygens (including phenoxy) is 1. The van der Waals surface area contributed by atoms with Crippen molar-refractivity contribution in [1.29, 1.82) is 0 Å². The van der Waals surface area contributed by atoms with Gasteiger partial charge in [0.25, 0.3) is 0 Å². The molecule has 2 heterocycles. The third-order valence-corrected chi connectivity index (χ3v) is 5.27. The van der Waals surface area contributed by atoms with E-state index in [1.165, 1.54) is 5.56 Å². The number of nitrogens with zero attached hydrogens (tertiary/aromatic N) is 2. The standard InChI is InChI=1S/C19H28N2O2/c1-15(2)21-13-19(11-18(21)22)12-20(9-10-23-14-19)16(3)17-7-5-4-6-8-17/h4-8,15-16H,9-14H2,1-3H3/t16-,19-/m1/s1. The minimum Gasteiger partial charge on any atom is -0.379 e. The van der Waals surface area contributed by atoms with Gasteiger partial charge < -0.3 is 9.64 Å². The zero-order chi connectivity index (χ0) is 16.4. The number of amides is 1. The molecule has 0 N–H and O–H groups in total. The molecule has 2 atom stereocenters. The van der Waals surface area contributed by atoms with Gasteiger partial charge in [-0.2, -0.15) is 0 Å². The molecule has 4 heteroatoms. The Morgan fingerprint density at radius 3 is 2.52 bits per heavy atom. The van der Waals surface area contributed by atoms with Crippen LogP contribution in [-0.2, 0) is 9.53 Å². The molecule has 0 bridgehead atoms. The van der Waals surface area contributed by atoms with Crippen LogP contribution in [-0.4, -0.2) is 54.6 Å². The summed E-state index contributed by atoms with van der Waals surface area (Å²) in [7, 11) is 0. The van der Waals surface area contributed by atoms with Gasteiger partial charge in [0.1, 0.15) is 0 Å². The number of carbonyl (C=O) groups excluding carboxylic acids is 1. The second kappa shape index (κ2) is 6.62. The lowest BCUT2D eigenvalue weighted by molar-refractivity contribution is -0.129. The summed E-state index contributed by atoms with van der Waals surface area (Å²) in [5.41, 5.74) is 1.27. The van der Waals surface area contributed by atoms with E-state index in [-0.39, 0.29) is 17.4 Å². The van der Waals surface area contributed by atoms with Crippen LogP contribution in [0, 0.1) is 5.41 Å². The van der Waals surface area contributed by atoms with Gasteiger partial charge in [0, 0.05) is 43.6 Å². The van der Waals surface area contributed by atoms with Crippen LogP contribution in [0.15, 0.2) is 30.3 Å². The predicted octanol–water partition coefficient (Wildman–Crippen LogP) is 2.71. The minimum absolute atomic E-state index is 0.0547. The Labute approximate surface area is 139 Å².